The van der Waals surface area contributed by atoms with Gasteiger partial charge in [0.1, 0.15) is 5.01 Å². The first kappa shape index (κ1) is 12.3. The van der Waals surface area contributed by atoms with E-state index in [1.165, 1.54) is 16.7 Å². The van der Waals surface area contributed by atoms with Crippen LogP contribution in [0, 0.1) is 20.8 Å². The highest BCUT2D eigenvalue weighted by atomic mass is 32.1. The zero-order valence-electron chi connectivity index (χ0n) is 10.7. The van der Waals surface area contributed by atoms with E-state index in [2.05, 4.69) is 47.7 Å². The maximum atomic E-state index is 4.58. The molecule has 1 atom stereocenters. The first-order valence-corrected chi connectivity index (χ1v) is 6.66. The highest BCUT2D eigenvalue weighted by Gasteiger charge is 2.17. The molecule has 17 heavy (non-hydrogen) atoms. The van der Waals surface area contributed by atoms with Gasteiger partial charge in [-0.2, -0.15) is 0 Å². The molecule has 1 heterocycles. The molecule has 0 amide bonds. The topological polar surface area (TPSA) is 24.9 Å². The average Bonchev–Trinajstić information content (AvgIpc) is 2.69. The number of aromatic nitrogens is 1. The van der Waals surface area contributed by atoms with Crippen LogP contribution in [0.5, 0.6) is 0 Å². The van der Waals surface area contributed by atoms with E-state index in [1.807, 2.05) is 14.0 Å². The van der Waals surface area contributed by atoms with E-state index in [-0.39, 0.29) is 6.04 Å². The van der Waals surface area contributed by atoms with Gasteiger partial charge in [0.25, 0.3) is 0 Å². The average molecular weight is 246 g/mol. The van der Waals surface area contributed by atoms with Gasteiger partial charge in [-0.15, -0.1) is 11.3 Å². The summed E-state index contributed by atoms with van der Waals surface area (Å²) < 4.78 is 0. The van der Waals surface area contributed by atoms with E-state index >= 15 is 0 Å². The molecule has 0 saturated heterocycles. The van der Waals surface area contributed by atoms with Crippen LogP contribution in [0.4, 0.5) is 0 Å². The molecular weight excluding hydrogens is 228 g/mol. The molecule has 1 aromatic heterocycles. The third kappa shape index (κ3) is 2.56. The lowest BCUT2D eigenvalue weighted by molar-refractivity contribution is 0.680. The third-order valence-electron chi connectivity index (χ3n) is 2.91. The summed E-state index contributed by atoms with van der Waals surface area (Å²) in [5.41, 5.74) is 5.02. The van der Waals surface area contributed by atoms with Gasteiger partial charge >= 0.3 is 0 Å². The van der Waals surface area contributed by atoms with Crippen LogP contribution in [0.15, 0.2) is 23.6 Å². The van der Waals surface area contributed by atoms with Crippen molar-refractivity contribution in [1.82, 2.24) is 10.3 Å². The van der Waals surface area contributed by atoms with Crippen molar-refractivity contribution in [3.8, 4) is 0 Å². The van der Waals surface area contributed by atoms with Gasteiger partial charge in [-0.25, -0.2) is 4.98 Å². The van der Waals surface area contributed by atoms with Crippen molar-refractivity contribution in [2.75, 3.05) is 7.05 Å². The second-order valence-electron chi connectivity index (χ2n) is 4.41. The Labute approximate surface area is 107 Å². The van der Waals surface area contributed by atoms with Crippen molar-refractivity contribution in [3.05, 3.63) is 51.0 Å². The molecule has 0 radical (unpaired) electrons. The summed E-state index contributed by atoms with van der Waals surface area (Å²) >= 11 is 1.72. The Balaban J connectivity index is 2.42. The highest BCUT2D eigenvalue weighted by molar-refractivity contribution is 7.09. The van der Waals surface area contributed by atoms with Gasteiger partial charge in [0.2, 0.25) is 0 Å². The smallest absolute Gasteiger partial charge is 0.114 e. The normalized spacial score (nSPS) is 12.7. The second kappa shape index (κ2) is 4.98. The summed E-state index contributed by atoms with van der Waals surface area (Å²) in [6, 6.07) is 6.78. The van der Waals surface area contributed by atoms with E-state index in [0.29, 0.717) is 0 Å². The van der Waals surface area contributed by atoms with Crippen molar-refractivity contribution in [1.29, 1.82) is 0 Å². The van der Waals surface area contributed by atoms with Crippen LogP contribution in [-0.2, 0) is 0 Å². The number of hydrogen-bond donors (Lipinski definition) is 1. The number of hydrogen-bond acceptors (Lipinski definition) is 3. The molecule has 0 bridgehead atoms. The van der Waals surface area contributed by atoms with Crippen molar-refractivity contribution in [2.45, 2.75) is 26.8 Å². The highest BCUT2D eigenvalue weighted by Crippen LogP contribution is 2.27. The Kier molecular flexibility index (Phi) is 3.60. The maximum Gasteiger partial charge on any atom is 0.114 e. The SMILES string of the molecule is CNC(c1nc(C)cs1)c1ccc(C)cc1C. The molecule has 0 aliphatic heterocycles. The van der Waals surface area contributed by atoms with Gasteiger partial charge in [-0.1, -0.05) is 23.8 Å². The van der Waals surface area contributed by atoms with E-state index < -0.39 is 0 Å². The summed E-state index contributed by atoms with van der Waals surface area (Å²) in [6.07, 6.45) is 0. The first-order valence-electron chi connectivity index (χ1n) is 5.78. The molecular formula is C14H18N2S. The summed E-state index contributed by atoms with van der Waals surface area (Å²) in [7, 11) is 1.99. The zero-order chi connectivity index (χ0) is 12.4. The number of thiazole rings is 1. The predicted molar refractivity (Wildman–Crippen MR) is 73.7 cm³/mol. The largest absolute Gasteiger partial charge is 0.307 e. The van der Waals surface area contributed by atoms with Gasteiger partial charge < -0.3 is 5.32 Å². The lowest BCUT2D eigenvalue weighted by atomic mass is 10.00. The molecule has 0 aliphatic carbocycles. The first-order chi connectivity index (χ1) is 8.11. The van der Waals surface area contributed by atoms with Crippen molar-refractivity contribution >= 4 is 11.3 Å². The molecule has 1 unspecified atom stereocenters. The summed E-state index contributed by atoms with van der Waals surface area (Å²) in [5, 5.41) is 6.59. The third-order valence-corrected chi connectivity index (χ3v) is 3.94. The zero-order valence-corrected chi connectivity index (χ0v) is 11.6. The van der Waals surface area contributed by atoms with Crippen LogP contribution in [0.25, 0.3) is 0 Å². The van der Waals surface area contributed by atoms with Gasteiger partial charge in [0.05, 0.1) is 6.04 Å². The van der Waals surface area contributed by atoms with Gasteiger partial charge in [0.15, 0.2) is 0 Å². The van der Waals surface area contributed by atoms with Crippen molar-refractivity contribution in [2.24, 2.45) is 0 Å². The fourth-order valence-corrected chi connectivity index (χ4v) is 2.99. The molecule has 2 rings (SSSR count). The molecule has 2 aromatic rings. The molecule has 90 valence electrons. The second-order valence-corrected chi connectivity index (χ2v) is 5.30. The minimum Gasteiger partial charge on any atom is -0.307 e. The van der Waals surface area contributed by atoms with E-state index in [1.54, 1.807) is 11.3 Å². The standard InChI is InChI=1S/C14H18N2S/c1-9-5-6-12(10(2)7-9)13(15-4)14-16-11(3)8-17-14/h5-8,13,15H,1-4H3. The molecule has 0 aliphatic rings. The van der Waals surface area contributed by atoms with Crippen LogP contribution in [0.1, 0.15) is 33.4 Å². The molecule has 0 spiro atoms. The van der Waals surface area contributed by atoms with Gasteiger partial charge in [-0.05, 0) is 38.9 Å². The van der Waals surface area contributed by atoms with Crippen LogP contribution in [0.2, 0.25) is 0 Å². The number of aryl methyl sites for hydroxylation is 3. The van der Waals surface area contributed by atoms with Gasteiger partial charge in [-0.3, -0.25) is 0 Å². The number of nitrogens with one attached hydrogen (secondary N) is 1. The fraction of sp³-hybridized carbons (Fsp3) is 0.357. The minimum absolute atomic E-state index is 0.203. The minimum atomic E-state index is 0.203. The summed E-state index contributed by atoms with van der Waals surface area (Å²) in [5.74, 6) is 0. The fourth-order valence-electron chi connectivity index (χ4n) is 2.07. The Morgan fingerprint density at radius 1 is 1.24 bits per heavy atom. The van der Waals surface area contributed by atoms with Crippen molar-refractivity contribution in [3.63, 3.8) is 0 Å². The monoisotopic (exact) mass is 246 g/mol. The van der Waals surface area contributed by atoms with Gasteiger partial charge in [0, 0.05) is 11.1 Å². The number of benzene rings is 1. The van der Waals surface area contributed by atoms with E-state index in [0.717, 1.165) is 10.7 Å². The van der Waals surface area contributed by atoms with Crippen LogP contribution < -0.4 is 5.32 Å². The van der Waals surface area contributed by atoms with Crippen LogP contribution in [0.3, 0.4) is 0 Å². The lowest BCUT2D eigenvalue weighted by Crippen LogP contribution is -2.18. The molecule has 0 saturated carbocycles. The Morgan fingerprint density at radius 3 is 2.53 bits per heavy atom. The Morgan fingerprint density at radius 2 is 2.00 bits per heavy atom. The predicted octanol–water partition coefficient (Wildman–Crippen LogP) is 3.38. The molecule has 1 aromatic carbocycles. The Hall–Kier alpha value is -1.19. The van der Waals surface area contributed by atoms with E-state index in [4.69, 9.17) is 0 Å². The maximum absolute atomic E-state index is 4.58. The van der Waals surface area contributed by atoms with Crippen LogP contribution in [-0.4, -0.2) is 12.0 Å². The summed E-state index contributed by atoms with van der Waals surface area (Å²) in [6.45, 7) is 6.32. The molecule has 1 N–H and O–H groups in total. The summed E-state index contributed by atoms with van der Waals surface area (Å²) in [4.78, 5) is 4.58. The lowest BCUT2D eigenvalue weighted by Gasteiger charge is -2.17. The molecule has 3 heteroatoms. The molecule has 0 fully saturated rings. The van der Waals surface area contributed by atoms with Crippen LogP contribution >= 0.6 is 11.3 Å². The van der Waals surface area contributed by atoms with Crippen molar-refractivity contribution < 1.29 is 0 Å². The van der Waals surface area contributed by atoms with E-state index in [9.17, 15) is 0 Å². The quantitative estimate of drug-likeness (QED) is 0.898. The number of nitrogens with zero attached hydrogens (tertiary/aromatic N) is 1. The Bertz CT molecular complexity index is 517. The molecule has 2 nitrogen and oxygen atoms in total. The number of rotatable bonds is 3.